The number of phenols is 1. The number of nitrogens with one attached hydrogen (secondary N) is 1. The first-order valence-corrected chi connectivity index (χ1v) is 6.43. The molecular weight excluding hydrogens is 296 g/mol. The standard InChI is InChI=1S/C15H11F2NO4/c16-8-5-10(17)14(11(19)6-8)15(20)18-9-1-2-12-13(7-9)22-4-3-21-12/h1-2,5-7,19H,3-4H2,(H,18,20). The molecule has 114 valence electrons. The number of hydrogen-bond donors (Lipinski definition) is 2. The lowest BCUT2D eigenvalue weighted by atomic mass is 10.1. The molecule has 0 saturated carbocycles. The van der Waals surface area contributed by atoms with Crippen LogP contribution in [0.1, 0.15) is 10.4 Å². The van der Waals surface area contributed by atoms with Crippen LogP contribution in [0.15, 0.2) is 30.3 Å². The van der Waals surface area contributed by atoms with E-state index in [0.717, 1.165) is 0 Å². The predicted octanol–water partition coefficient (Wildman–Crippen LogP) is 2.69. The molecule has 0 radical (unpaired) electrons. The molecule has 1 aliphatic heterocycles. The van der Waals surface area contributed by atoms with Gasteiger partial charge in [0.2, 0.25) is 0 Å². The Morgan fingerprint density at radius 2 is 1.82 bits per heavy atom. The highest BCUT2D eigenvalue weighted by Crippen LogP contribution is 2.33. The molecule has 0 aliphatic carbocycles. The first kappa shape index (κ1) is 14.1. The molecule has 2 aromatic carbocycles. The van der Waals surface area contributed by atoms with Crippen LogP contribution in [0.2, 0.25) is 0 Å². The van der Waals surface area contributed by atoms with E-state index in [-0.39, 0.29) is 0 Å². The molecule has 0 fully saturated rings. The lowest BCUT2D eigenvalue weighted by Crippen LogP contribution is -2.17. The van der Waals surface area contributed by atoms with E-state index in [0.29, 0.717) is 42.5 Å². The number of carbonyl (C=O) groups excluding carboxylic acids is 1. The van der Waals surface area contributed by atoms with Crippen molar-refractivity contribution in [2.45, 2.75) is 0 Å². The van der Waals surface area contributed by atoms with E-state index in [1.54, 1.807) is 12.1 Å². The maximum absolute atomic E-state index is 13.6. The summed E-state index contributed by atoms with van der Waals surface area (Å²) < 4.78 is 37.3. The fraction of sp³-hybridized carbons (Fsp3) is 0.133. The number of benzene rings is 2. The predicted molar refractivity (Wildman–Crippen MR) is 73.4 cm³/mol. The molecule has 1 amide bonds. The summed E-state index contributed by atoms with van der Waals surface area (Å²) in [4.78, 5) is 12.0. The number of fused-ring (bicyclic) bond motifs is 1. The second-order valence-electron chi connectivity index (χ2n) is 4.59. The molecular formula is C15H11F2NO4. The Kier molecular flexibility index (Phi) is 3.54. The number of ether oxygens (including phenoxy) is 2. The number of carbonyl (C=O) groups is 1. The Bertz CT molecular complexity index is 725. The number of amides is 1. The van der Waals surface area contributed by atoms with E-state index in [1.165, 1.54) is 6.07 Å². The van der Waals surface area contributed by atoms with Gasteiger partial charge in [0.15, 0.2) is 11.5 Å². The van der Waals surface area contributed by atoms with Gasteiger partial charge in [-0.05, 0) is 12.1 Å². The summed E-state index contributed by atoms with van der Waals surface area (Å²) in [5, 5.41) is 11.9. The van der Waals surface area contributed by atoms with E-state index >= 15 is 0 Å². The highest BCUT2D eigenvalue weighted by atomic mass is 19.1. The molecule has 22 heavy (non-hydrogen) atoms. The van der Waals surface area contributed by atoms with Gasteiger partial charge in [0.05, 0.1) is 0 Å². The van der Waals surface area contributed by atoms with Crippen LogP contribution in [-0.4, -0.2) is 24.2 Å². The van der Waals surface area contributed by atoms with E-state index in [1.807, 2.05) is 0 Å². The molecule has 2 N–H and O–H groups in total. The smallest absolute Gasteiger partial charge is 0.262 e. The highest BCUT2D eigenvalue weighted by Gasteiger charge is 2.19. The summed E-state index contributed by atoms with van der Waals surface area (Å²) in [5.41, 5.74) is -0.298. The SMILES string of the molecule is O=C(Nc1ccc2c(c1)OCCO2)c1c(O)cc(F)cc1F. The summed E-state index contributed by atoms with van der Waals surface area (Å²) in [6.45, 7) is 0.825. The van der Waals surface area contributed by atoms with Crippen LogP contribution in [0.4, 0.5) is 14.5 Å². The largest absolute Gasteiger partial charge is 0.507 e. The summed E-state index contributed by atoms with van der Waals surface area (Å²) in [6.07, 6.45) is 0. The third-order valence-electron chi connectivity index (χ3n) is 3.06. The fourth-order valence-electron chi connectivity index (χ4n) is 2.10. The normalized spacial score (nSPS) is 12.8. The van der Waals surface area contributed by atoms with Crippen molar-refractivity contribution >= 4 is 11.6 Å². The van der Waals surface area contributed by atoms with Gasteiger partial charge in [-0.1, -0.05) is 0 Å². The Morgan fingerprint density at radius 3 is 2.55 bits per heavy atom. The molecule has 1 heterocycles. The summed E-state index contributed by atoms with van der Waals surface area (Å²) >= 11 is 0. The van der Waals surface area contributed by atoms with Crippen LogP contribution in [0.5, 0.6) is 17.2 Å². The molecule has 0 atom stereocenters. The van der Waals surface area contributed by atoms with Crippen molar-refractivity contribution in [1.29, 1.82) is 0 Å². The number of anilines is 1. The lowest BCUT2D eigenvalue weighted by Gasteiger charge is -2.19. The zero-order valence-electron chi connectivity index (χ0n) is 11.2. The molecule has 0 aromatic heterocycles. The van der Waals surface area contributed by atoms with Crippen molar-refractivity contribution in [3.63, 3.8) is 0 Å². The van der Waals surface area contributed by atoms with Gasteiger partial charge < -0.3 is 19.9 Å². The van der Waals surface area contributed by atoms with Gasteiger partial charge in [-0.25, -0.2) is 8.78 Å². The van der Waals surface area contributed by atoms with Gasteiger partial charge >= 0.3 is 0 Å². The van der Waals surface area contributed by atoms with Crippen LogP contribution >= 0.6 is 0 Å². The maximum Gasteiger partial charge on any atom is 0.262 e. The molecule has 0 spiro atoms. The number of aromatic hydroxyl groups is 1. The van der Waals surface area contributed by atoms with E-state index in [9.17, 15) is 18.7 Å². The zero-order chi connectivity index (χ0) is 15.7. The van der Waals surface area contributed by atoms with E-state index in [2.05, 4.69) is 5.32 Å². The third kappa shape index (κ3) is 2.65. The number of phenolic OH excluding ortho intramolecular Hbond substituents is 1. The van der Waals surface area contributed by atoms with Crippen molar-refractivity contribution in [3.8, 4) is 17.2 Å². The number of halogens is 2. The summed E-state index contributed by atoms with van der Waals surface area (Å²) in [5.74, 6) is -2.79. The van der Waals surface area contributed by atoms with Gasteiger partial charge in [-0.15, -0.1) is 0 Å². The Morgan fingerprint density at radius 1 is 1.09 bits per heavy atom. The third-order valence-corrected chi connectivity index (χ3v) is 3.06. The van der Waals surface area contributed by atoms with Gasteiger partial charge in [-0.3, -0.25) is 4.79 Å². The average molecular weight is 307 g/mol. The number of rotatable bonds is 2. The summed E-state index contributed by atoms with van der Waals surface area (Å²) in [6, 6.07) is 5.86. The summed E-state index contributed by atoms with van der Waals surface area (Å²) in [7, 11) is 0. The minimum Gasteiger partial charge on any atom is -0.507 e. The van der Waals surface area contributed by atoms with E-state index in [4.69, 9.17) is 9.47 Å². The minimum absolute atomic E-state index is 0.331. The van der Waals surface area contributed by atoms with Crippen LogP contribution in [-0.2, 0) is 0 Å². The second kappa shape index (κ2) is 5.51. The van der Waals surface area contributed by atoms with Crippen LogP contribution in [0, 0.1) is 11.6 Å². The van der Waals surface area contributed by atoms with Crippen molar-refractivity contribution in [2.24, 2.45) is 0 Å². The molecule has 3 rings (SSSR count). The fourth-order valence-corrected chi connectivity index (χ4v) is 2.10. The minimum atomic E-state index is -1.15. The van der Waals surface area contributed by atoms with Crippen molar-refractivity contribution in [2.75, 3.05) is 18.5 Å². The van der Waals surface area contributed by atoms with Crippen molar-refractivity contribution < 1.29 is 28.2 Å². The van der Waals surface area contributed by atoms with E-state index < -0.39 is 28.9 Å². The monoisotopic (exact) mass is 307 g/mol. The van der Waals surface area contributed by atoms with Gasteiger partial charge in [0.25, 0.3) is 5.91 Å². The van der Waals surface area contributed by atoms with Gasteiger partial charge in [0.1, 0.15) is 36.2 Å². The average Bonchev–Trinajstić information content (AvgIpc) is 2.46. The second-order valence-corrected chi connectivity index (χ2v) is 4.59. The van der Waals surface area contributed by atoms with Crippen LogP contribution in [0.25, 0.3) is 0 Å². The van der Waals surface area contributed by atoms with Gasteiger partial charge in [0, 0.05) is 23.9 Å². The van der Waals surface area contributed by atoms with Crippen molar-refractivity contribution in [1.82, 2.24) is 0 Å². The van der Waals surface area contributed by atoms with Gasteiger partial charge in [-0.2, -0.15) is 0 Å². The van der Waals surface area contributed by atoms with Crippen LogP contribution < -0.4 is 14.8 Å². The molecule has 1 aliphatic rings. The first-order chi connectivity index (χ1) is 10.5. The zero-order valence-corrected chi connectivity index (χ0v) is 11.2. The molecule has 7 heteroatoms. The number of hydrogen-bond acceptors (Lipinski definition) is 4. The first-order valence-electron chi connectivity index (χ1n) is 6.43. The quantitative estimate of drug-likeness (QED) is 0.895. The topological polar surface area (TPSA) is 67.8 Å². The van der Waals surface area contributed by atoms with Crippen LogP contribution in [0.3, 0.4) is 0 Å². The molecule has 5 nitrogen and oxygen atoms in total. The molecule has 2 aromatic rings. The molecule has 0 bridgehead atoms. The molecule has 0 saturated heterocycles. The maximum atomic E-state index is 13.6. The molecule has 0 unspecified atom stereocenters. The Labute approximate surface area is 124 Å². The van der Waals surface area contributed by atoms with Crippen molar-refractivity contribution in [3.05, 3.63) is 47.5 Å². The Hall–Kier alpha value is -2.83. The Balaban J connectivity index is 1.86. The highest BCUT2D eigenvalue weighted by molar-refractivity contribution is 6.06. The lowest BCUT2D eigenvalue weighted by molar-refractivity contribution is 0.102.